The molecule has 0 bridgehead atoms. The first-order valence-electron chi connectivity index (χ1n) is 4.99. The van der Waals surface area contributed by atoms with Crippen molar-refractivity contribution in [3.8, 4) is 0 Å². The van der Waals surface area contributed by atoms with Gasteiger partial charge in [0.15, 0.2) is 11.6 Å². The second kappa shape index (κ2) is 3.52. The summed E-state index contributed by atoms with van der Waals surface area (Å²) in [6.07, 6.45) is 0. The summed E-state index contributed by atoms with van der Waals surface area (Å²) in [5, 5.41) is 0. The molecule has 2 rings (SSSR count). The van der Waals surface area contributed by atoms with E-state index in [-0.39, 0.29) is 5.41 Å². The van der Waals surface area contributed by atoms with Crippen molar-refractivity contribution in [1.29, 1.82) is 0 Å². The number of hydrogen-bond acceptors (Lipinski definition) is 2. The molecule has 1 aromatic heterocycles. The van der Waals surface area contributed by atoms with Gasteiger partial charge in [-0.05, 0) is 0 Å². The maximum absolute atomic E-state index is 13.0. The Kier molecular flexibility index (Phi) is 2.42. The van der Waals surface area contributed by atoms with Gasteiger partial charge in [-0.3, -0.25) is 0 Å². The molecule has 0 saturated carbocycles. The smallest absolute Gasteiger partial charge is 0.161 e. The average Bonchev–Trinajstić information content (AvgIpc) is 2.62. The minimum atomic E-state index is -0.892. The van der Waals surface area contributed by atoms with Crippen LogP contribution in [0.2, 0.25) is 0 Å². The molecule has 0 aliphatic rings. The van der Waals surface area contributed by atoms with Crippen molar-refractivity contribution in [3.05, 3.63) is 29.6 Å². The van der Waals surface area contributed by atoms with Gasteiger partial charge in [-0.2, -0.15) is 0 Å². The van der Waals surface area contributed by atoms with Crippen LogP contribution in [0.1, 0.15) is 19.7 Å². The van der Waals surface area contributed by atoms with Gasteiger partial charge in [-0.25, -0.2) is 13.8 Å². The standard InChI is InChI=1S/C11H13F2N3/c1-11(2,5-14)10-15-8-3-6(12)7(13)4-9(8)16-10/h3-4H,5,14H2,1-2H3,(H,15,16). The number of H-pyrrole nitrogens is 1. The molecule has 1 heterocycles. The lowest BCUT2D eigenvalue weighted by Gasteiger charge is -2.18. The molecule has 0 amide bonds. The molecule has 0 spiro atoms. The van der Waals surface area contributed by atoms with E-state index in [0.29, 0.717) is 23.4 Å². The number of benzene rings is 1. The second-order valence-electron chi connectivity index (χ2n) is 4.46. The molecule has 0 aliphatic heterocycles. The molecular formula is C11H13F2N3. The minimum Gasteiger partial charge on any atom is -0.341 e. The third-order valence-corrected chi connectivity index (χ3v) is 2.68. The Morgan fingerprint density at radius 3 is 2.56 bits per heavy atom. The highest BCUT2D eigenvalue weighted by atomic mass is 19.2. The van der Waals surface area contributed by atoms with E-state index in [0.717, 1.165) is 12.1 Å². The van der Waals surface area contributed by atoms with Crippen LogP contribution in [0.15, 0.2) is 12.1 Å². The molecule has 2 aromatic rings. The van der Waals surface area contributed by atoms with Crippen molar-refractivity contribution < 1.29 is 8.78 Å². The number of imidazole rings is 1. The first kappa shape index (κ1) is 11.0. The van der Waals surface area contributed by atoms with Crippen molar-refractivity contribution in [1.82, 2.24) is 9.97 Å². The molecule has 0 saturated heterocycles. The van der Waals surface area contributed by atoms with Crippen LogP contribution in [0.25, 0.3) is 11.0 Å². The largest absolute Gasteiger partial charge is 0.341 e. The van der Waals surface area contributed by atoms with E-state index in [1.165, 1.54) is 0 Å². The number of halogens is 2. The molecular weight excluding hydrogens is 212 g/mol. The lowest BCUT2D eigenvalue weighted by molar-refractivity contribution is 0.509. The number of nitrogens with two attached hydrogens (primary N) is 1. The Bertz CT molecular complexity index is 492. The zero-order valence-corrected chi connectivity index (χ0v) is 9.14. The van der Waals surface area contributed by atoms with Crippen molar-refractivity contribution in [2.45, 2.75) is 19.3 Å². The number of rotatable bonds is 2. The molecule has 0 atom stereocenters. The average molecular weight is 225 g/mol. The highest BCUT2D eigenvalue weighted by molar-refractivity contribution is 5.75. The normalized spacial score (nSPS) is 12.3. The lowest BCUT2D eigenvalue weighted by atomic mass is 9.93. The summed E-state index contributed by atoms with van der Waals surface area (Å²) in [6, 6.07) is 2.19. The van der Waals surface area contributed by atoms with Crippen molar-refractivity contribution in [3.63, 3.8) is 0 Å². The summed E-state index contributed by atoms with van der Waals surface area (Å²) in [4.78, 5) is 7.17. The van der Waals surface area contributed by atoms with Gasteiger partial charge in [0, 0.05) is 24.1 Å². The quantitative estimate of drug-likeness (QED) is 0.822. The van der Waals surface area contributed by atoms with Gasteiger partial charge in [-0.1, -0.05) is 13.8 Å². The maximum Gasteiger partial charge on any atom is 0.161 e. The number of aromatic amines is 1. The van der Waals surface area contributed by atoms with E-state index >= 15 is 0 Å². The number of hydrogen-bond donors (Lipinski definition) is 2. The fraction of sp³-hybridized carbons (Fsp3) is 0.364. The summed E-state index contributed by atoms with van der Waals surface area (Å²) in [5.41, 5.74) is 6.16. The predicted octanol–water partition coefficient (Wildman–Crippen LogP) is 2.08. The molecule has 1 aromatic carbocycles. The van der Waals surface area contributed by atoms with Crippen LogP contribution in [-0.2, 0) is 5.41 Å². The van der Waals surface area contributed by atoms with E-state index in [9.17, 15) is 8.78 Å². The fourth-order valence-corrected chi connectivity index (χ4v) is 1.42. The summed E-state index contributed by atoms with van der Waals surface area (Å²) in [5.74, 6) is -1.14. The van der Waals surface area contributed by atoms with Gasteiger partial charge in [0.25, 0.3) is 0 Å². The van der Waals surface area contributed by atoms with Gasteiger partial charge in [0.05, 0.1) is 11.0 Å². The molecule has 3 N–H and O–H groups in total. The Hall–Kier alpha value is -1.49. The van der Waals surface area contributed by atoms with Gasteiger partial charge in [-0.15, -0.1) is 0 Å². The van der Waals surface area contributed by atoms with Crippen LogP contribution in [0.4, 0.5) is 8.78 Å². The van der Waals surface area contributed by atoms with E-state index in [1.54, 1.807) is 0 Å². The Morgan fingerprint density at radius 2 is 1.94 bits per heavy atom. The SMILES string of the molecule is CC(C)(CN)c1nc2cc(F)c(F)cc2[nH]1. The third-order valence-electron chi connectivity index (χ3n) is 2.68. The van der Waals surface area contributed by atoms with Crippen molar-refractivity contribution >= 4 is 11.0 Å². The van der Waals surface area contributed by atoms with Gasteiger partial charge in [0.2, 0.25) is 0 Å². The van der Waals surface area contributed by atoms with Crippen LogP contribution >= 0.6 is 0 Å². The van der Waals surface area contributed by atoms with Crippen molar-refractivity contribution in [2.24, 2.45) is 5.73 Å². The summed E-state index contributed by atoms with van der Waals surface area (Å²) in [6.45, 7) is 4.23. The van der Waals surface area contributed by atoms with Crippen LogP contribution in [-0.4, -0.2) is 16.5 Å². The Morgan fingerprint density at radius 1 is 1.31 bits per heavy atom. The number of nitrogens with one attached hydrogen (secondary N) is 1. The van der Waals surface area contributed by atoms with Crippen LogP contribution in [0, 0.1) is 11.6 Å². The first-order chi connectivity index (χ1) is 7.44. The van der Waals surface area contributed by atoms with Crippen LogP contribution < -0.4 is 5.73 Å². The first-order valence-corrected chi connectivity index (χ1v) is 4.99. The van der Waals surface area contributed by atoms with E-state index in [1.807, 2.05) is 13.8 Å². The number of aromatic nitrogens is 2. The third kappa shape index (κ3) is 1.67. The minimum absolute atomic E-state index is 0.341. The Labute approximate surface area is 91.7 Å². The van der Waals surface area contributed by atoms with E-state index in [4.69, 9.17) is 5.73 Å². The molecule has 0 fully saturated rings. The van der Waals surface area contributed by atoms with Crippen LogP contribution in [0.3, 0.4) is 0 Å². The zero-order chi connectivity index (χ0) is 11.9. The molecule has 16 heavy (non-hydrogen) atoms. The summed E-state index contributed by atoms with van der Waals surface area (Å²) < 4.78 is 26.0. The van der Waals surface area contributed by atoms with Gasteiger partial charge in [0.1, 0.15) is 5.82 Å². The highest BCUT2D eigenvalue weighted by Crippen LogP contribution is 2.23. The predicted molar refractivity (Wildman–Crippen MR) is 58.1 cm³/mol. The summed E-state index contributed by atoms with van der Waals surface area (Å²) in [7, 11) is 0. The topological polar surface area (TPSA) is 54.7 Å². The molecule has 0 radical (unpaired) electrons. The molecule has 0 unspecified atom stereocenters. The fourth-order valence-electron chi connectivity index (χ4n) is 1.42. The van der Waals surface area contributed by atoms with Crippen molar-refractivity contribution in [2.75, 3.05) is 6.54 Å². The van der Waals surface area contributed by atoms with Gasteiger partial charge < -0.3 is 10.7 Å². The summed E-state index contributed by atoms with van der Waals surface area (Å²) >= 11 is 0. The zero-order valence-electron chi connectivity index (χ0n) is 9.14. The molecule has 3 nitrogen and oxygen atoms in total. The van der Waals surface area contributed by atoms with Gasteiger partial charge >= 0.3 is 0 Å². The van der Waals surface area contributed by atoms with E-state index in [2.05, 4.69) is 9.97 Å². The molecule has 86 valence electrons. The van der Waals surface area contributed by atoms with Crippen LogP contribution in [0.5, 0.6) is 0 Å². The highest BCUT2D eigenvalue weighted by Gasteiger charge is 2.23. The Balaban J connectivity index is 2.61. The molecule has 5 heteroatoms. The number of fused-ring (bicyclic) bond motifs is 1. The second-order valence-corrected chi connectivity index (χ2v) is 4.46. The lowest BCUT2D eigenvalue weighted by Crippen LogP contribution is -2.29. The van der Waals surface area contributed by atoms with E-state index < -0.39 is 11.6 Å². The maximum atomic E-state index is 13.0. The number of nitrogens with zero attached hydrogens (tertiary/aromatic N) is 1. The molecule has 0 aliphatic carbocycles. The monoisotopic (exact) mass is 225 g/mol.